The average molecular weight is 572 g/mol. The smallest absolute Gasteiger partial charge is 0.165 e. The number of fused-ring (bicyclic) bond motifs is 1. The third-order valence-corrected chi connectivity index (χ3v) is 6.86. The van der Waals surface area contributed by atoms with Crippen LogP contribution in [-0.2, 0) is 19.4 Å². The molecule has 1 aliphatic rings. The van der Waals surface area contributed by atoms with Gasteiger partial charge in [-0.1, -0.05) is 0 Å². The van der Waals surface area contributed by atoms with E-state index in [1.165, 1.54) is 21.4 Å². The number of nitrogen functional groups attached to an aromatic ring is 1. The Labute approximate surface area is 188 Å². The molecule has 0 bridgehead atoms. The number of aromatic nitrogens is 2. The number of benzene rings is 2. The number of halogens is 3. The molecular weight excluding hydrogens is 554 g/mol. The standard InChI is InChI=1S/C20H18Br3N3O2/c1-10-5-16(23)20(13-4-2-3-12(10)13)28-9-18-25-8-17(26(18)24)11-6-14(21)19(27)15(22)7-11/h5-8,27H,2-4,9,24H2,1H3. The fraction of sp³-hybridized carbons (Fsp3) is 0.250. The molecule has 0 unspecified atom stereocenters. The van der Waals surface area contributed by atoms with E-state index in [9.17, 15) is 5.11 Å². The van der Waals surface area contributed by atoms with Crippen molar-refractivity contribution in [1.29, 1.82) is 0 Å². The van der Waals surface area contributed by atoms with E-state index in [2.05, 4.69) is 65.8 Å². The van der Waals surface area contributed by atoms with Crippen molar-refractivity contribution in [3.8, 4) is 22.8 Å². The lowest BCUT2D eigenvalue weighted by atomic mass is 10.0. The molecule has 1 heterocycles. The molecule has 0 amide bonds. The molecule has 1 aromatic heterocycles. The van der Waals surface area contributed by atoms with Crippen LogP contribution in [-0.4, -0.2) is 14.8 Å². The van der Waals surface area contributed by atoms with Gasteiger partial charge >= 0.3 is 0 Å². The van der Waals surface area contributed by atoms with Gasteiger partial charge in [-0.25, -0.2) is 9.66 Å². The van der Waals surface area contributed by atoms with Gasteiger partial charge in [-0.05, 0) is 109 Å². The molecule has 0 saturated heterocycles. The van der Waals surface area contributed by atoms with E-state index in [-0.39, 0.29) is 12.4 Å². The van der Waals surface area contributed by atoms with Crippen molar-refractivity contribution >= 4 is 47.8 Å². The van der Waals surface area contributed by atoms with Crippen molar-refractivity contribution in [3.63, 3.8) is 0 Å². The zero-order valence-electron chi connectivity index (χ0n) is 15.1. The summed E-state index contributed by atoms with van der Waals surface area (Å²) >= 11 is 10.3. The van der Waals surface area contributed by atoms with Gasteiger partial charge in [0.25, 0.3) is 0 Å². The van der Waals surface area contributed by atoms with E-state index in [1.807, 2.05) is 0 Å². The number of hydrogen-bond donors (Lipinski definition) is 2. The Hall–Kier alpha value is -1.51. The molecule has 28 heavy (non-hydrogen) atoms. The molecule has 0 radical (unpaired) electrons. The highest BCUT2D eigenvalue weighted by Gasteiger charge is 2.21. The molecule has 146 valence electrons. The maximum absolute atomic E-state index is 9.91. The quantitative estimate of drug-likeness (QED) is 0.398. The summed E-state index contributed by atoms with van der Waals surface area (Å²) < 4.78 is 9.79. The maximum Gasteiger partial charge on any atom is 0.165 e. The Morgan fingerprint density at radius 2 is 1.79 bits per heavy atom. The number of aromatic hydroxyl groups is 1. The summed E-state index contributed by atoms with van der Waals surface area (Å²) in [7, 11) is 0. The maximum atomic E-state index is 9.91. The number of phenols is 1. The Morgan fingerprint density at radius 1 is 1.11 bits per heavy atom. The Morgan fingerprint density at radius 3 is 2.50 bits per heavy atom. The monoisotopic (exact) mass is 569 g/mol. The number of phenolic OH excluding ortho intramolecular Hbond substituents is 1. The van der Waals surface area contributed by atoms with Gasteiger partial charge < -0.3 is 15.7 Å². The topological polar surface area (TPSA) is 73.3 Å². The minimum absolute atomic E-state index is 0.147. The highest BCUT2D eigenvalue weighted by atomic mass is 79.9. The second kappa shape index (κ2) is 7.72. The van der Waals surface area contributed by atoms with E-state index >= 15 is 0 Å². The molecule has 3 N–H and O–H groups in total. The number of ether oxygens (including phenoxy) is 1. The number of nitrogens with two attached hydrogens (primary N) is 1. The molecule has 3 aromatic rings. The van der Waals surface area contributed by atoms with Crippen LogP contribution < -0.4 is 10.6 Å². The Balaban J connectivity index is 1.61. The first-order valence-corrected chi connectivity index (χ1v) is 11.2. The summed E-state index contributed by atoms with van der Waals surface area (Å²) in [5, 5.41) is 9.91. The van der Waals surface area contributed by atoms with Crippen molar-refractivity contribution in [3.05, 3.63) is 60.3 Å². The van der Waals surface area contributed by atoms with Gasteiger partial charge in [-0.3, -0.25) is 0 Å². The van der Waals surface area contributed by atoms with Crippen LogP contribution in [0.1, 0.15) is 28.9 Å². The third kappa shape index (κ3) is 3.46. The van der Waals surface area contributed by atoms with Crippen molar-refractivity contribution < 1.29 is 9.84 Å². The van der Waals surface area contributed by atoms with Crippen LogP contribution in [0.2, 0.25) is 0 Å². The molecule has 1 aliphatic carbocycles. The second-order valence-electron chi connectivity index (χ2n) is 6.82. The molecule has 0 atom stereocenters. The van der Waals surface area contributed by atoms with E-state index in [0.717, 1.165) is 40.7 Å². The number of hydrogen-bond acceptors (Lipinski definition) is 4. The number of nitrogens with zero attached hydrogens (tertiary/aromatic N) is 2. The van der Waals surface area contributed by atoms with Gasteiger partial charge in [0.15, 0.2) is 5.82 Å². The van der Waals surface area contributed by atoms with E-state index in [0.29, 0.717) is 14.8 Å². The fourth-order valence-corrected chi connectivity index (χ4v) is 5.53. The summed E-state index contributed by atoms with van der Waals surface area (Å²) in [6, 6.07) is 5.72. The minimum Gasteiger partial charge on any atom is -0.506 e. The van der Waals surface area contributed by atoms with Crippen LogP contribution in [0, 0.1) is 6.92 Å². The molecule has 4 rings (SSSR count). The number of rotatable bonds is 4. The van der Waals surface area contributed by atoms with Gasteiger partial charge in [0.05, 0.1) is 25.3 Å². The largest absolute Gasteiger partial charge is 0.506 e. The van der Waals surface area contributed by atoms with Crippen molar-refractivity contribution in [1.82, 2.24) is 9.66 Å². The Bertz CT molecular complexity index is 1060. The predicted octanol–water partition coefficient (Wildman–Crippen LogP) is 5.63. The molecule has 0 fully saturated rings. The SMILES string of the molecule is Cc1cc(Br)c(OCc2ncc(-c3cc(Br)c(O)c(Br)c3)n2N)c2c1CCC2. The van der Waals surface area contributed by atoms with E-state index < -0.39 is 0 Å². The molecule has 5 nitrogen and oxygen atoms in total. The fourth-order valence-electron chi connectivity index (χ4n) is 3.64. The second-order valence-corrected chi connectivity index (χ2v) is 9.38. The lowest BCUT2D eigenvalue weighted by Gasteiger charge is -2.15. The molecule has 8 heteroatoms. The molecule has 0 aliphatic heterocycles. The van der Waals surface area contributed by atoms with Crippen LogP contribution >= 0.6 is 47.8 Å². The summed E-state index contributed by atoms with van der Waals surface area (Å²) in [4.78, 5) is 4.43. The lowest BCUT2D eigenvalue weighted by Crippen LogP contribution is -2.16. The number of aryl methyl sites for hydroxylation is 1. The number of imidazole rings is 1. The van der Waals surface area contributed by atoms with Crippen LogP contribution in [0.25, 0.3) is 11.3 Å². The Kier molecular flexibility index (Phi) is 5.46. The highest BCUT2D eigenvalue weighted by molar-refractivity contribution is 9.11. The molecule has 0 saturated carbocycles. The van der Waals surface area contributed by atoms with E-state index in [4.69, 9.17) is 10.6 Å². The first-order chi connectivity index (χ1) is 13.4. The van der Waals surface area contributed by atoms with Gasteiger partial charge in [0, 0.05) is 5.56 Å². The molecular formula is C20H18Br3N3O2. The highest BCUT2D eigenvalue weighted by Crippen LogP contribution is 2.40. The van der Waals surface area contributed by atoms with Crippen LogP contribution in [0.5, 0.6) is 11.5 Å². The first-order valence-electron chi connectivity index (χ1n) is 8.80. The van der Waals surface area contributed by atoms with Crippen molar-refractivity contribution in [2.24, 2.45) is 0 Å². The van der Waals surface area contributed by atoms with Gasteiger partial charge in [0.2, 0.25) is 0 Å². The van der Waals surface area contributed by atoms with Gasteiger partial charge in [-0.15, -0.1) is 0 Å². The zero-order valence-corrected chi connectivity index (χ0v) is 19.9. The van der Waals surface area contributed by atoms with Gasteiger partial charge in [0.1, 0.15) is 18.1 Å². The van der Waals surface area contributed by atoms with Crippen LogP contribution in [0.15, 0.2) is 37.8 Å². The van der Waals surface area contributed by atoms with Crippen molar-refractivity contribution in [2.45, 2.75) is 32.8 Å². The van der Waals surface area contributed by atoms with E-state index in [1.54, 1.807) is 18.3 Å². The first kappa shape index (κ1) is 19.8. The van der Waals surface area contributed by atoms with Gasteiger partial charge in [-0.2, -0.15) is 0 Å². The zero-order chi connectivity index (χ0) is 20.0. The summed E-state index contributed by atoms with van der Waals surface area (Å²) in [5.74, 6) is 7.94. The summed E-state index contributed by atoms with van der Waals surface area (Å²) in [5.41, 5.74) is 5.55. The van der Waals surface area contributed by atoms with Crippen LogP contribution in [0.4, 0.5) is 0 Å². The lowest BCUT2D eigenvalue weighted by molar-refractivity contribution is 0.288. The van der Waals surface area contributed by atoms with Crippen molar-refractivity contribution in [2.75, 3.05) is 5.84 Å². The molecule has 0 spiro atoms. The van der Waals surface area contributed by atoms with Crippen LogP contribution in [0.3, 0.4) is 0 Å². The summed E-state index contributed by atoms with van der Waals surface area (Å²) in [6.07, 6.45) is 5.00. The normalized spacial score (nSPS) is 13.0. The molecule has 2 aromatic carbocycles. The minimum atomic E-state index is 0.147. The third-order valence-electron chi connectivity index (χ3n) is 5.06. The predicted molar refractivity (Wildman–Crippen MR) is 120 cm³/mol. The average Bonchev–Trinajstić information content (AvgIpc) is 3.27. The summed E-state index contributed by atoms with van der Waals surface area (Å²) in [6.45, 7) is 2.41.